The number of ketones is 2. The Bertz CT molecular complexity index is 683. The molecule has 0 aliphatic heterocycles. The van der Waals surface area contributed by atoms with Gasteiger partial charge in [-0.15, -0.1) is 0 Å². The van der Waals surface area contributed by atoms with E-state index >= 15 is 0 Å². The van der Waals surface area contributed by atoms with Gasteiger partial charge >= 0.3 is 0 Å². The van der Waals surface area contributed by atoms with E-state index in [0.29, 0.717) is 11.1 Å². The van der Waals surface area contributed by atoms with Gasteiger partial charge in [0.25, 0.3) is 0 Å². The van der Waals surface area contributed by atoms with Gasteiger partial charge in [-0.2, -0.15) is 0 Å². The second kappa shape index (κ2) is 4.30. The van der Waals surface area contributed by atoms with E-state index in [2.05, 4.69) is 5.32 Å². The van der Waals surface area contributed by atoms with E-state index in [1.54, 1.807) is 31.2 Å². The average molecular weight is 265 g/mol. The van der Waals surface area contributed by atoms with Gasteiger partial charge in [-0.05, 0) is 31.5 Å². The highest BCUT2D eigenvalue weighted by Crippen LogP contribution is 2.32. The fraction of sp³-hybridized carbons (Fsp3) is 0.176. The topological polar surface area (TPSA) is 46.2 Å². The third kappa shape index (κ3) is 1.74. The highest BCUT2D eigenvalue weighted by Gasteiger charge is 2.49. The number of carbonyl (C=O) groups excluding carboxylic acids is 2. The molecular weight excluding hydrogens is 250 g/mol. The zero-order chi connectivity index (χ0) is 14.3. The minimum absolute atomic E-state index is 0.167. The molecule has 0 unspecified atom stereocenters. The first-order valence-electron chi connectivity index (χ1n) is 6.56. The van der Waals surface area contributed by atoms with E-state index in [4.69, 9.17) is 0 Å². The van der Waals surface area contributed by atoms with Crippen LogP contribution in [0.1, 0.15) is 33.2 Å². The molecule has 0 amide bonds. The minimum atomic E-state index is -1.21. The van der Waals surface area contributed by atoms with Crippen molar-refractivity contribution >= 4 is 17.3 Å². The Morgan fingerprint density at radius 1 is 0.900 bits per heavy atom. The fourth-order valence-corrected chi connectivity index (χ4v) is 2.65. The molecule has 1 aliphatic carbocycles. The van der Waals surface area contributed by atoms with Crippen LogP contribution in [0.4, 0.5) is 5.69 Å². The lowest BCUT2D eigenvalue weighted by molar-refractivity contribution is 0.0835. The summed E-state index contributed by atoms with van der Waals surface area (Å²) in [7, 11) is 0. The average Bonchev–Trinajstić information content (AvgIpc) is 2.62. The molecule has 2 aromatic carbocycles. The van der Waals surface area contributed by atoms with Crippen LogP contribution >= 0.6 is 0 Å². The van der Waals surface area contributed by atoms with Gasteiger partial charge in [-0.3, -0.25) is 9.59 Å². The number of anilines is 1. The number of Topliss-reactive ketones (excluding diaryl/α,β-unsaturated/α-hetero) is 2. The Hall–Kier alpha value is -2.42. The van der Waals surface area contributed by atoms with Gasteiger partial charge in [0.05, 0.1) is 0 Å². The van der Waals surface area contributed by atoms with E-state index in [1.807, 2.05) is 31.2 Å². The summed E-state index contributed by atoms with van der Waals surface area (Å²) in [5.41, 5.74) is 1.65. The van der Waals surface area contributed by atoms with Crippen LogP contribution in [-0.4, -0.2) is 17.1 Å². The first kappa shape index (κ1) is 12.6. The van der Waals surface area contributed by atoms with Crippen molar-refractivity contribution in [1.82, 2.24) is 0 Å². The summed E-state index contributed by atoms with van der Waals surface area (Å²) in [4.78, 5) is 25.1. The van der Waals surface area contributed by atoms with Crippen LogP contribution in [0.15, 0.2) is 48.5 Å². The third-order valence-corrected chi connectivity index (χ3v) is 3.74. The predicted molar refractivity (Wildman–Crippen MR) is 78.3 cm³/mol. The summed E-state index contributed by atoms with van der Waals surface area (Å²) in [5, 5.41) is 3.11. The summed E-state index contributed by atoms with van der Waals surface area (Å²) in [6, 6.07) is 14.6. The molecule has 3 rings (SSSR count). The van der Waals surface area contributed by atoms with Gasteiger partial charge in [0, 0.05) is 16.8 Å². The molecule has 0 fully saturated rings. The zero-order valence-electron chi connectivity index (χ0n) is 11.4. The largest absolute Gasteiger partial charge is 0.366 e. The van der Waals surface area contributed by atoms with Crippen LogP contribution in [-0.2, 0) is 0 Å². The van der Waals surface area contributed by atoms with E-state index in [-0.39, 0.29) is 11.6 Å². The number of hydrogen-bond donors (Lipinski definition) is 1. The number of benzene rings is 2. The molecule has 0 bridgehead atoms. The Kier molecular flexibility index (Phi) is 2.71. The van der Waals surface area contributed by atoms with Crippen molar-refractivity contribution in [1.29, 1.82) is 0 Å². The monoisotopic (exact) mass is 265 g/mol. The second-order valence-electron chi connectivity index (χ2n) is 5.32. The van der Waals surface area contributed by atoms with Crippen molar-refractivity contribution in [2.24, 2.45) is 0 Å². The molecule has 20 heavy (non-hydrogen) atoms. The fourth-order valence-electron chi connectivity index (χ4n) is 2.65. The highest BCUT2D eigenvalue weighted by molar-refractivity contribution is 6.34. The molecule has 0 aromatic heterocycles. The Labute approximate surface area is 117 Å². The second-order valence-corrected chi connectivity index (χ2v) is 5.32. The zero-order valence-corrected chi connectivity index (χ0v) is 11.4. The summed E-state index contributed by atoms with van der Waals surface area (Å²) in [6.45, 7) is 3.63. The molecule has 0 saturated heterocycles. The first-order valence-corrected chi connectivity index (χ1v) is 6.56. The molecule has 2 aromatic rings. The minimum Gasteiger partial charge on any atom is -0.366 e. The lowest BCUT2D eigenvalue weighted by Gasteiger charge is -2.23. The maximum atomic E-state index is 12.5. The van der Waals surface area contributed by atoms with Crippen LogP contribution < -0.4 is 5.32 Å². The summed E-state index contributed by atoms with van der Waals surface area (Å²) in [6.07, 6.45) is 0. The first-order chi connectivity index (χ1) is 9.52. The van der Waals surface area contributed by atoms with E-state index in [1.165, 1.54) is 0 Å². The van der Waals surface area contributed by atoms with Gasteiger partial charge in [0.15, 0.2) is 17.1 Å². The third-order valence-electron chi connectivity index (χ3n) is 3.74. The van der Waals surface area contributed by atoms with E-state index < -0.39 is 5.54 Å². The van der Waals surface area contributed by atoms with Crippen molar-refractivity contribution < 1.29 is 9.59 Å². The maximum absolute atomic E-state index is 12.5. The smallest absolute Gasteiger partial charge is 0.196 e. The van der Waals surface area contributed by atoms with Crippen LogP contribution in [0.2, 0.25) is 0 Å². The molecule has 1 aliphatic rings. The highest BCUT2D eigenvalue weighted by atomic mass is 16.2. The van der Waals surface area contributed by atoms with Gasteiger partial charge in [-0.1, -0.05) is 36.4 Å². The Morgan fingerprint density at radius 3 is 2.05 bits per heavy atom. The molecule has 0 atom stereocenters. The van der Waals surface area contributed by atoms with Crippen LogP contribution in [0.5, 0.6) is 0 Å². The molecule has 0 spiro atoms. The van der Waals surface area contributed by atoms with Crippen molar-refractivity contribution in [3.05, 3.63) is 65.2 Å². The molecule has 100 valence electrons. The van der Waals surface area contributed by atoms with E-state index in [0.717, 1.165) is 11.3 Å². The van der Waals surface area contributed by atoms with Crippen molar-refractivity contribution in [3.8, 4) is 0 Å². The number of hydrogen-bond acceptors (Lipinski definition) is 3. The normalized spacial score (nSPS) is 16.1. The molecule has 0 heterocycles. The molecule has 3 nitrogen and oxygen atoms in total. The van der Waals surface area contributed by atoms with Crippen LogP contribution in [0, 0.1) is 6.92 Å². The van der Waals surface area contributed by atoms with Crippen molar-refractivity contribution in [3.63, 3.8) is 0 Å². The molecule has 0 saturated carbocycles. The number of fused-ring (bicyclic) bond motifs is 1. The number of carbonyl (C=O) groups is 2. The lowest BCUT2D eigenvalue weighted by atomic mass is 9.95. The SMILES string of the molecule is Cc1cccc(NC2(C)C(=O)c3ccccc3C2=O)c1. The Balaban J connectivity index is 2.02. The maximum Gasteiger partial charge on any atom is 0.196 e. The summed E-state index contributed by atoms with van der Waals surface area (Å²) >= 11 is 0. The summed E-state index contributed by atoms with van der Waals surface area (Å²) in [5.74, 6) is -0.334. The molecule has 3 heteroatoms. The van der Waals surface area contributed by atoms with Crippen LogP contribution in [0.25, 0.3) is 0 Å². The standard InChI is InChI=1S/C17H15NO2/c1-11-6-5-7-12(10-11)18-17(2)15(19)13-8-3-4-9-14(13)16(17)20/h3-10,18H,1-2H3. The van der Waals surface area contributed by atoms with Crippen molar-refractivity contribution in [2.75, 3.05) is 5.32 Å². The number of rotatable bonds is 2. The molecular formula is C17H15NO2. The molecule has 0 radical (unpaired) electrons. The number of nitrogens with one attached hydrogen (secondary N) is 1. The van der Waals surface area contributed by atoms with Gasteiger partial charge < -0.3 is 5.32 Å². The predicted octanol–water partition coefficient (Wildman–Crippen LogP) is 3.24. The molecule has 1 N–H and O–H groups in total. The quantitative estimate of drug-likeness (QED) is 0.848. The van der Waals surface area contributed by atoms with Gasteiger partial charge in [0.2, 0.25) is 0 Å². The number of aryl methyl sites for hydroxylation is 1. The van der Waals surface area contributed by atoms with Gasteiger partial charge in [0.1, 0.15) is 0 Å². The van der Waals surface area contributed by atoms with Gasteiger partial charge in [-0.25, -0.2) is 0 Å². The van der Waals surface area contributed by atoms with Crippen LogP contribution in [0.3, 0.4) is 0 Å². The van der Waals surface area contributed by atoms with E-state index in [9.17, 15) is 9.59 Å². The Morgan fingerprint density at radius 2 is 1.50 bits per heavy atom. The lowest BCUT2D eigenvalue weighted by Crippen LogP contribution is -2.45. The van der Waals surface area contributed by atoms with Crippen molar-refractivity contribution in [2.45, 2.75) is 19.4 Å². The summed E-state index contributed by atoms with van der Waals surface area (Å²) < 4.78 is 0.